The molecule has 118 valence electrons. The standard InChI is InChI=1S/C16H24F2N2O/c1-4-12-10-19-16(3,5-2)11-20(12)13-8-6-7-9-14(13)21-15(17)18/h6-9,12,15,19H,4-5,10-11H2,1-3H3. The fourth-order valence-corrected chi connectivity index (χ4v) is 2.81. The number of halogens is 2. The van der Waals surface area contributed by atoms with E-state index in [4.69, 9.17) is 4.74 Å². The van der Waals surface area contributed by atoms with E-state index in [2.05, 4.69) is 31.0 Å². The third-order valence-corrected chi connectivity index (χ3v) is 4.37. The molecule has 0 saturated carbocycles. The largest absolute Gasteiger partial charge is 0.433 e. The number of benzene rings is 1. The van der Waals surface area contributed by atoms with E-state index in [1.54, 1.807) is 12.1 Å². The first-order chi connectivity index (χ1) is 9.99. The Morgan fingerprint density at radius 2 is 2.10 bits per heavy atom. The minimum Gasteiger partial charge on any atom is -0.433 e. The van der Waals surface area contributed by atoms with E-state index in [0.717, 1.165) is 31.6 Å². The number of rotatable bonds is 5. The van der Waals surface area contributed by atoms with Gasteiger partial charge < -0.3 is 15.0 Å². The summed E-state index contributed by atoms with van der Waals surface area (Å²) < 4.78 is 29.9. The molecule has 5 heteroatoms. The van der Waals surface area contributed by atoms with Gasteiger partial charge in [-0.25, -0.2) is 0 Å². The lowest BCUT2D eigenvalue weighted by Crippen LogP contribution is -2.62. The highest BCUT2D eigenvalue weighted by molar-refractivity contribution is 5.60. The molecule has 2 unspecified atom stereocenters. The molecule has 0 amide bonds. The third-order valence-electron chi connectivity index (χ3n) is 4.37. The molecule has 21 heavy (non-hydrogen) atoms. The number of anilines is 1. The third kappa shape index (κ3) is 3.64. The zero-order valence-corrected chi connectivity index (χ0v) is 12.9. The van der Waals surface area contributed by atoms with Crippen LogP contribution < -0.4 is 15.0 Å². The lowest BCUT2D eigenvalue weighted by Gasteiger charge is -2.47. The Labute approximate surface area is 125 Å². The molecule has 0 radical (unpaired) electrons. The Morgan fingerprint density at radius 3 is 2.71 bits per heavy atom. The summed E-state index contributed by atoms with van der Waals surface area (Å²) in [6, 6.07) is 7.35. The van der Waals surface area contributed by atoms with Crippen LogP contribution in [0.1, 0.15) is 33.6 Å². The molecule has 0 spiro atoms. The van der Waals surface area contributed by atoms with Gasteiger partial charge in [0.1, 0.15) is 5.75 Å². The summed E-state index contributed by atoms with van der Waals surface area (Å²) in [6.45, 7) is 5.26. The fraction of sp³-hybridized carbons (Fsp3) is 0.625. The zero-order chi connectivity index (χ0) is 15.5. The van der Waals surface area contributed by atoms with E-state index >= 15 is 0 Å². The normalized spacial score (nSPS) is 26.2. The molecule has 1 saturated heterocycles. The van der Waals surface area contributed by atoms with Crippen LogP contribution in [-0.4, -0.2) is 31.3 Å². The molecule has 3 nitrogen and oxygen atoms in total. The van der Waals surface area contributed by atoms with E-state index in [1.165, 1.54) is 0 Å². The first kappa shape index (κ1) is 16.0. The van der Waals surface area contributed by atoms with Crippen LogP contribution in [0.3, 0.4) is 0 Å². The van der Waals surface area contributed by atoms with Gasteiger partial charge in [0.05, 0.1) is 5.69 Å². The summed E-state index contributed by atoms with van der Waals surface area (Å²) in [5, 5.41) is 3.58. The van der Waals surface area contributed by atoms with E-state index in [0.29, 0.717) is 0 Å². The van der Waals surface area contributed by atoms with Gasteiger partial charge in [0, 0.05) is 24.7 Å². The molecular weight excluding hydrogens is 274 g/mol. The Morgan fingerprint density at radius 1 is 1.38 bits per heavy atom. The zero-order valence-electron chi connectivity index (χ0n) is 12.9. The first-order valence-electron chi connectivity index (χ1n) is 7.54. The molecule has 1 aromatic carbocycles. The highest BCUT2D eigenvalue weighted by Crippen LogP contribution is 2.34. The van der Waals surface area contributed by atoms with Crippen molar-refractivity contribution >= 4 is 5.69 Å². The van der Waals surface area contributed by atoms with Crippen molar-refractivity contribution in [1.82, 2.24) is 5.32 Å². The van der Waals surface area contributed by atoms with Gasteiger partial charge in [-0.05, 0) is 31.9 Å². The summed E-state index contributed by atoms with van der Waals surface area (Å²) >= 11 is 0. The van der Waals surface area contributed by atoms with Crippen LogP contribution in [0.15, 0.2) is 24.3 Å². The second kappa shape index (κ2) is 6.60. The van der Waals surface area contributed by atoms with Gasteiger partial charge in [0.2, 0.25) is 0 Å². The highest BCUT2D eigenvalue weighted by Gasteiger charge is 2.35. The predicted octanol–water partition coefficient (Wildman–Crippen LogP) is 3.64. The number of hydrogen-bond acceptors (Lipinski definition) is 3. The van der Waals surface area contributed by atoms with Crippen LogP contribution in [0.5, 0.6) is 5.75 Å². The molecule has 2 atom stereocenters. The lowest BCUT2D eigenvalue weighted by molar-refractivity contribution is -0.0496. The van der Waals surface area contributed by atoms with Crippen LogP contribution in [0.2, 0.25) is 0 Å². The number of nitrogens with zero attached hydrogens (tertiary/aromatic N) is 1. The predicted molar refractivity (Wildman–Crippen MR) is 81.2 cm³/mol. The summed E-state index contributed by atoms with van der Waals surface area (Å²) in [5.41, 5.74) is 0.745. The van der Waals surface area contributed by atoms with Crippen LogP contribution in [-0.2, 0) is 0 Å². The van der Waals surface area contributed by atoms with Gasteiger partial charge in [-0.3, -0.25) is 0 Å². The smallest absolute Gasteiger partial charge is 0.387 e. The lowest BCUT2D eigenvalue weighted by atomic mass is 9.92. The van der Waals surface area contributed by atoms with Crippen molar-refractivity contribution in [3.05, 3.63) is 24.3 Å². The molecule has 1 heterocycles. The molecule has 1 aliphatic rings. The van der Waals surface area contributed by atoms with E-state index in [1.807, 2.05) is 12.1 Å². The number of para-hydroxylation sites is 2. The molecule has 1 aliphatic heterocycles. The summed E-state index contributed by atoms with van der Waals surface area (Å²) in [6.07, 6.45) is 1.94. The van der Waals surface area contributed by atoms with Gasteiger partial charge in [-0.15, -0.1) is 0 Å². The van der Waals surface area contributed by atoms with Crippen LogP contribution in [0.25, 0.3) is 0 Å². The SMILES string of the molecule is CCC1CNC(C)(CC)CN1c1ccccc1OC(F)F. The Bertz CT molecular complexity index is 469. The number of piperazine rings is 1. The minimum atomic E-state index is -2.80. The topological polar surface area (TPSA) is 24.5 Å². The van der Waals surface area contributed by atoms with Crippen LogP contribution in [0, 0.1) is 0 Å². The van der Waals surface area contributed by atoms with Gasteiger partial charge in [-0.2, -0.15) is 8.78 Å². The Kier molecular flexibility index (Phi) is 5.04. The quantitative estimate of drug-likeness (QED) is 0.898. The summed E-state index contributed by atoms with van der Waals surface area (Å²) in [5.74, 6) is 0.256. The van der Waals surface area contributed by atoms with Gasteiger partial charge in [0.15, 0.2) is 0 Å². The molecule has 1 N–H and O–H groups in total. The number of nitrogens with one attached hydrogen (secondary N) is 1. The molecule has 1 fully saturated rings. The van der Waals surface area contributed by atoms with Crippen molar-refractivity contribution in [1.29, 1.82) is 0 Å². The van der Waals surface area contributed by atoms with Crippen molar-refractivity contribution in [3.8, 4) is 5.75 Å². The number of hydrogen-bond donors (Lipinski definition) is 1. The van der Waals surface area contributed by atoms with Crippen molar-refractivity contribution in [2.24, 2.45) is 0 Å². The van der Waals surface area contributed by atoms with Crippen molar-refractivity contribution in [2.45, 2.75) is 51.8 Å². The maximum atomic E-state index is 12.6. The molecule has 1 aromatic rings. The van der Waals surface area contributed by atoms with Gasteiger partial charge in [0.25, 0.3) is 0 Å². The Hall–Kier alpha value is -1.36. The van der Waals surface area contributed by atoms with Crippen molar-refractivity contribution < 1.29 is 13.5 Å². The number of ether oxygens (including phenoxy) is 1. The molecule has 0 bridgehead atoms. The minimum absolute atomic E-state index is 0.0103. The monoisotopic (exact) mass is 298 g/mol. The van der Waals surface area contributed by atoms with Crippen molar-refractivity contribution in [2.75, 3.05) is 18.0 Å². The van der Waals surface area contributed by atoms with E-state index in [9.17, 15) is 8.78 Å². The molecule has 0 aliphatic carbocycles. The van der Waals surface area contributed by atoms with Crippen LogP contribution >= 0.6 is 0 Å². The average molecular weight is 298 g/mol. The van der Waals surface area contributed by atoms with Crippen LogP contribution in [0.4, 0.5) is 14.5 Å². The van der Waals surface area contributed by atoms with Gasteiger partial charge >= 0.3 is 6.61 Å². The molecular formula is C16H24F2N2O. The second-order valence-electron chi connectivity index (χ2n) is 5.83. The maximum Gasteiger partial charge on any atom is 0.387 e. The first-order valence-corrected chi connectivity index (χ1v) is 7.54. The fourth-order valence-electron chi connectivity index (χ4n) is 2.81. The number of alkyl halides is 2. The maximum absolute atomic E-state index is 12.6. The summed E-state index contributed by atoms with van der Waals surface area (Å²) in [4.78, 5) is 2.21. The van der Waals surface area contributed by atoms with Crippen molar-refractivity contribution in [3.63, 3.8) is 0 Å². The van der Waals surface area contributed by atoms with E-state index < -0.39 is 6.61 Å². The molecule has 2 rings (SSSR count). The average Bonchev–Trinajstić information content (AvgIpc) is 2.47. The summed E-state index contributed by atoms with van der Waals surface area (Å²) in [7, 11) is 0. The van der Waals surface area contributed by atoms with E-state index in [-0.39, 0.29) is 17.3 Å². The molecule has 0 aromatic heterocycles. The Balaban J connectivity index is 2.32. The van der Waals surface area contributed by atoms with Gasteiger partial charge in [-0.1, -0.05) is 26.0 Å². The second-order valence-corrected chi connectivity index (χ2v) is 5.83. The highest BCUT2D eigenvalue weighted by atomic mass is 19.3.